The molecule has 14 aromatic rings. The van der Waals surface area contributed by atoms with Gasteiger partial charge in [0, 0.05) is 50.5 Å². The van der Waals surface area contributed by atoms with Crippen LogP contribution < -0.4 is 36.2 Å². The molecular weight excluding hydrogens is 1390 g/mol. The highest BCUT2D eigenvalue weighted by atomic mass is 16.7. The van der Waals surface area contributed by atoms with E-state index in [1.54, 1.807) is 7.11 Å². The lowest BCUT2D eigenvalue weighted by molar-refractivity contribution is 0.00578. The highest BCUT2D eigenvalue weighted by Crippen LogP contribution is 2.51. The van der Waals surface area contributed by atoms with Gasteiger partial charge < -0.3 is 65.3 Å². The molecule has 8 heterocycles. The van der Waals surface area contributed by atoms with Crippen LogP contribution in [0.15, 0.2) is 267 Å². The number of para-hydroxylation sites is 6. The summed E-state index contributed by atoms with van der Waals surface area (Å²) in [5.41, 5.74) is 15.0. The first-order valence-corrected chi connectivity index (χ1v) is 38.9. The van der Waals surface area contributed by atoms with Crippen molar-refractivity contribution in [2.75, 3.05) is 12.0 Å². The predicted octanol–water partition coefficient (Wildman–Crippen LogP) is 20.0. The monoisotopic (exact) mass is 1490 g/mol. The van der Waals surface area contributed by atoms with Gasteiger partial charge >= 0.3 is 28.5 Å². The normalized spacial score (nSPS) is 18.4. The van der Waals surface area contributed by atoms with Crippen LogP contribution in [0.2, 0.25) is 0 Å². The molecule has 0 bridgehead atoms. The third-order valence-corrected chi connectivity index (χ3v) is 24.4. The lowest BCUT2D eigenvalue weighted by Gasteiger charge is -2.33. The Morgan fingerprint density at radius 2 is 0.643 bits per heavy atom. The van der Waals surface area contributed by atoms with Crippen molar-refractivity contribution in [1.29, 1.82) is 0 Å². The van der Waals surface area contributed by atoms with Gasteiger partial charge in [0.2, 0.25) is 0 Å². The quantitative estimate of drug-likeness (QED) is 0.129. The molecule has 0 amide bonds. The fourth-order valence-electron chi connectivity index (χ4n) is 15.1. The maximum Gasteiger partial charge on any atom is 0.494 e. The highest BCUT2D eigenvalue weighted by Gasteiger charge is 2.55. The second-order valence-corrected chi connectivity index (χ2v) is 34.0. The zero-order chi connectivity index (χ0) is 78.7. The fraction of sp³-hybridized carbons (Fsp3) is 0.277. The zero-order valence-electron chi connectivity index (χ0n) is 67.6. The number of hydrogen-bond donors (Lipinski definition) is 0. The van der Waals surface area contributed by atoms with Gasteiger partial charge in [-0.15, -0.1) is 0 Å². The number of benzene rings is 11. The molecule has 5 aliphatic rings. The van der Waals surface area contributed by atoms with Crippen molar-refractivity contribution in [3.8, 4) is 34.3 Å². The van der Waals surface area contributed by atoms with E-state index in [0.29, 0.717) is 0 Å². The summed E-state index contributed by atoms with van der Waals surface area (Å²) in [7, 11) is 0.219. The summed E-state index contributed by atoms with van der Waals surface area (Å²) in [4.78, 5) is 2.22. The summed E-state index contributed by atoms with van der Waals surface area (Å²) in [6.45, 7) is 35.4. The minimum absolute atomic E-state index is 0.319. The third-order valence-electron chi connectivity index (χ3n) is 24.4. The van der Waals surface area contributed by atoms with Crippen LogP contribution in [0, 0.1) is 6.92 Å². The highest BCUT2D eigenvalue weighted by molar-refractivity contribution is 6.64. The molecule has 5 aliphatic heterocycles. The van der Waals surface area contributed by atoms with Gasteiger partial charge in [0.15, 0.2) is 11.5 Å². The molecule has 0 radical (unpaired) electrons. The van der Waals surface area contributed by atoms with Crippen molar-refractivity contribution in [1.82, 2.24) is 13.7 Å². The molecule has 0 saturated carbocycles. The summed E-state index contributed by atoms with van der Waals surface area (Å²) in [5, 5.41) is 6.04. The Morgan fingerprint density at radius 1 is 0.286 bits per heavy atom. The molecule has 0 N–H and O–H groups in total. The van der Waals surface area contributed by atoms with Gasteiger partial charge in [-0.1, -0.05) is 145 Å². The van der Waals surface area contributed by atoms with Crippen LogP contribution in [0.3, 0.4) is 0 Å². The first-order chi connectivity index (χ1) is 53.3. The molecule has 4 fully saturated rings. The van der Waals surface area contributed by atoms with Gasteiger partial charge in [0.1, 0.15) is 5.75 Å². The molecule has 14 nitrogen and oxygen atoms in total. The van der Waals surface area contributed by atoms with Gasteiger partial charge in [0.25, 0.3) is 0 Å². The number of anilines is 3. The number of nitrogens with zero attached hydrogens (tertiary/aromatic N) is 4. The van der Waals surface area contributed by atoms with Crippen LogP contribution in [0.5, 0.6) is 17.2 Å². The van der Waals surface area contributed by atoms with Crippen LogP contribution in [-0.2, 0) is 37.2 Å². The van der Waals surface area contributed by atoms with E-state index in [9.17, 15) is 0 Å². The number of methoxy groups -OCH3 is 1. The van der Waals surface area contributed by atoms with Crippen LogP contribution in [0.25, 0.3) is 71.6 Å². The Bertz CT molecular complexity index is 5770. The number of hydrogen-bond acceptors (Lipinski definition) is 11. The number of fused-ring (bicyclic) bond motifs is 9. The lowest BCUT2D eigenvalue weighted by atomic mass is 9.78. The molecule has 19 rings (SSSR count). The molecule has 3 aromatic heterocycles. The summed E-state index contributed by atoms with van der Waals surface area (Å²) < 4.78 is 68.4. The number of ether oxygens (including phenoxy) is 2. The summed E-state index contributed by atoms with van der Waals surface area (Å²) in [6.07, 6.45) is 2.11. The third kappa shape index (κ3) is 13.8. The van der Waals surface area contributed by atoms with Gasteiger partial charge in [-0.25, -0.2) is 0 Å². The minimum Gasteiger partial charge on any atom is -0.497 e. The van der Waals surface area contributed by atoms with E-state index in [1.807, 2.05) is 60.7 Å². The van der Waals surface area contributed by atoms with Crippen molar-refractivity contribution in [3.05, 3.63) is 273 Å². The van der Waals surface area contributed by atoms with Crippen molar-refractivity contribution in [2.45, 2.75) is 163 Å². The average molecular weight is 1490 g/mol. The van der Waals surface area contributed by atoms with Gasteiger partial charge in [-0.3, -0.25) is 0 Å². The number of rotatable bonds is 9. The summed E-state index contributed by atoms with van der Waals surface area (Å²) in [5.74, 6) is 2.47. The Labute approximate surface area is 659 Å². The molecule has 0 spiro atoms. The van der Waals surface area contributed by atoms with Crippen LogP contribution >= 0.6 is 0 Å². The molecule has 566 valence electrons. The van der Waals surface area contributed by atoms with E-state index >= 15 is 0 Å². The molecule has 4 saturated heterocycles. The number of aryl methyl sites for hydroxylation is 1. The van der Waals surface area contributed by atoms with Crippen molar-refractivity contribution in [2.24, 2.45) is 0 Å². The van der Waals surface area contributed by atoms with E-state index in [2.05, 4.69) is 343 Å². The molecular formula is C94H98B4N4O10. The van der Waals surface area contributed by atoms with Crippen molar-refractivity contribution in [3.63, 3.8) is 0 Å². The molecule has 0 atom stereocenters. The SMILES string of the molecule is CC1(C)OB(c2ccc3c(c2)Oc2ccccc2N3c2ccccc2)OC1(C)C.CC1(C)OB(c2ccc3c(c2)c2ccccc2n3-c2ccccc2)OC1(C)C.COc1ccc(-n2c3ccccc3c3cc(B4OC(C)(C)C(C)(C)O4)ccc32)cc1.Cc1ccc(-n2ccc3cc(B4OC(C)(C)C(C)(C)O4)ccc32)cc1. The standard InChI is InChI=1S/C25H26BNO3.C24H24BNO3.C24H24BNO2.C21H24BNO2/c1-24(2)25(3,4)30-26(29-24)17-10-15-23-21(16-17)20-8-6-7-9-22(20)27(23)18-11-13-19(28-5)14-12-18;1-23(2)24(3,4)29-25(28-23)17-14-15-20-22(16-17)27-21-13-9-8-12-19(21)26(20)18-10-6-5-7-11-18;1-23(2)24(3,4)28-25(27-23)17-14-15-22-20(16-17)19-12-8-9-13-21(19)26(22)18-10-6-5-7-11-18;1-15-6-9-18(10-7-15)23-13-12-16-14-17(8-11-19(16)23)22-24-20(2,3)21(4,5)25-22/h6-16H,1-5H3;5-16H,1-4H3;5-16H,1-4H3;6-14H,1-5H3. The van der Waals surface area contributed by atoms with Crippen molar-refractivity contribution < 1.29 is 46.7 Å². The largest absolute Gasteiger partial charge is 0.497 e. The van der Waals surface area contributed by atoms with Crippen LogP contribution in [-0.4, -0.2) is 94.1 Å². The summed E-state index contributed by atoms with van der Waals surface area (Å²) in [6, 6.07) is 90.5. The van der Waals surface area contributed by atoms with Gasteiger partial charge in [0.05, 0.1) is 90.9 Å². The van der Waals surface area contributed by atoms with E-state index in [4.69, 9.17) is 46.7 Å². The molecule has 112 heavy (non-hydrogen) atoms. The summed E-state index contributed by atoms with van der Waals surface area (Å²) >= 11 is 0. The first-order valence-electron chi connectivity index (χ1n) is 38.9. The molecule has 0 unspecified atom stereocenters. The Kier molecular flexibility index (Phi) is 19.3. The van der Waals surface area contributed by atoms with E-state index < -0.39 is 7.12 Å². The maximum absolute atomic E-state index is 6.29. The van der Waals surface area contributed by atoms with E-state index in [1.165, 1.54) is 60.2 Å². The minimum atomic E-state index is -0.420. The fourth-order valence-corrected chi connectivity index (χ4v) is 15.1. The van der Waals surface area contributed by atoms with Gasteiger partial charge in [-0.05, 0) is 266 Å². The van der Waals surface area contributed by atoms with Crippen LogP contribution in [0.1, 0.15) is 116 Å². The van der Waals surface area contributed by atoms with Crippen LogP contribution in [0.4, 0.5) is 17.1 Å². The lowest BCUT2D eigenvalue weighted by Crippen LogP contribution is -2.41. The smallest absolute Gasteiger partial charge is 0.494 e. The second kappa shape index (κ2) is 28.5. The van der Waals surface area contributed by atoms with Gasteiger partial charge in [-0.2, -0.15) is 0 Å². The topological polar surface area (TPSA) is 110 Å². The molecule has 0 aliphatic carbocycles. The molecule has 11 aromatic carbocycles. The van der Waals surface area contributed by atoms with E-state index in [0.717, 1.165) is 73.1 Å². The molecule has 18 heteroatoms. The zero-order valence-corrected chi connectivity index (χ0v) is 67.6. The Hall–Kier alpha value is -10.1. The van der Waals surface area contributed by atoms with Crippen molar-refractivity contribution >= 4 is 122 Å². The second-order valence-electron chi connectivity index (χ2n) is 34.0. The predicted molar refractivity (Wildman–Crippen MR) is 460 cm³/mol. The number of aromatic nitrogens is 3. The van der Waals surface area contributed by atoms with E-state index in [-0.39, 0.29) is 66.2 Å². The first kappa shape index (κ1) is 75.9. The maximum atomic E-state index is 6.29. The Morgan fingerprint density at radius 3 is 1.11 bits per heavy atom. The average Bonchev–Trinajstić information content (AvgIpc) is 1.61. The Balaban J connectivity index is 0.000000113.